The zero-order valence-electron chi connectivity index (χ0n) is 12.7. The Labute approximate surface area is 126 Å². The SMILES string of the molecule is CNCC1Cc2ccccc2CN1CCCn1ccnc1. The molecule has 1 aromatic heterocycles. The predicted molar refractivity (Wildman–Crippen MR) is 85.1 cm³/mol. The molecule has 1 atom stereocenters. The Morgan fingerprint density at radius 3 is 2.86 bits per heavy atom. The lowest BCUT2D eigenvalue weighted by molar-refractivity contribution is 0.165. The van der Waals surface area contributed by atoms with Crippen LogP contribution in [0.2, 0.25) is 0 Å². The highest BCUT2D eigenvalue weighted by molar-refractivity contribution is 5.30. The summed E-state index contributed by atoms with van der Waals surface area (Å²) in [4.78, 5) is 6.72. The molecule has 3 rings (SSSR count). The van der Waals surface area contributed by atoms with Crippen molar-refractivity contribution in [3.05, 3.63) is 54.1 Å². The van der Waals surface area contributed by atoms with Crippen LogP contribution in [-0.4, -0.2) is 40.6 Å². The van der Waals surface area contributed by atoms with Crippen molar-refractivity contribution < 1.29 is 0 Å². The second kappa shape index (κ2) is 6.87. The van der Waals surface area contributed by atoms with E-state index in [9.17, 15) is 0 Å². The topological polar surface area (TPSA) is 33.1 Å². The van der Waals surface area contributed by atoms with Gasteiger partial charge >= 0.3 is 0 Å². The average molecular weight is 284 g/mol. The van der Waals surface area contributed by atoms with Gasteiger partial charge in [0.1, 0.15) is 0 Å². The first-order valence-corrected chi connectivity index (χ1v) is 7.78. The number of aromatic nitrogens is 2. The Hall–Kier alpha value is -1.65. The van der Waals surface area contributed by atoms with Gasteiger partial charge in [0, 0.05) is 44.6 Å². The molecule has 1 aliphatic rings. The van der Waals surface area contributed by atoms with Gasteiger partial charge in [-0.05, 0) is 31.0 Å². The molecule has 1 unspecified atom stereocenters. The molecule has 0 saturated carbocycles. The van der Waals surface area contributed by atoms with E-state index in [1.165, 1.54) is 17.5 Å². The molecule has 1 aliphatic heterocycles. The number of nitrogens with one attached hydrogen (secondary N) is 1. The zero-order valence-corrected chi connectivity index (χ0v) is 12.7. The summed E-state index contributed by atoms with van der Waals surface area (Å²) in [6, 6.07) is 9.46. The fourth-order valence-corrected chi connectivity index (χ4v) is 3.22. The van der Waals surface area contributed by atoms with Gasteiger partial charge in [0.25, 0.3) is 0 Å². The van der Waals surface area contributed by atoms with Crippen LogP contribution in [0.15, 0.2) is 43.0 Å². The minimum absolute atomic E-state index is 0.604. The number of likely N-dealkylation sites (N-methyl/N-ethyl adjacent to an activating group) is 1. The smallest absolute Gasteiger partial charge is 0.0945 e. The number of aryl methyl sites for hydroxylation is 1. The zero-order chi connectivity index (χ0) is 14.5. The quantitative estimate of drug-likeness (QED) is 0.880. The van der Waals surface area contributed by atoms with Crippen LogP contribution in [0.4, 0.5) is 0 Å². The third-order valence-corrected chi connectivity index (χ3v) is 4.32. The summed E-state index contributed by atoms with van der Waals surface area (Å²) in [5, 5.41) is 3.35. The van der Waals surface area contributed by atoms with Crippen molar-refractivity contribution in [2.24, 2.45) is 0 Å². The Morgan fingerprint density at radius 1 is 1.24 bits per heavy atom. The summed E-state index contributed by atoms with van der Waals surface area (Å²) < 4.78 is 2.16. The van der Waals surface area contributed by atoms with Crippen molar-refractivity contribution in [3.63, 3.8) is 0 Å². The van der Waals surface area contributed by atoms with Gasteiger partial charge in [-0.2, -0.15) is 0 Å². The molecule has 0 aliphatic carbocycles. The Bertz CT molecular complexity index is 550. The maximum Gasteiger partial charge on any atom is 0.0945 e. The molecule has 1 N–H and O–H groups in total. The van der Waals surface area contributed by atoms with Gasteiger partial charge in [-0.25, -0.2) is 4.98 Å². The first kappa shape index (κ1) is 14.3. The van der Waals surface area contributed by atoms with Crippen LogP contribution >= 0.6 is 0 Å². The molecule has 4 nitrogen and oxygen atoms in total. The van der Waals surface area contributed by atoms with E-state index in [1.54, 1.807) is 0 Å². The van der Waals surface area contributed by atoms with Crippen LogP contribution < -0.4 is 5.32 Å². The van der Waals surface area contributed by atoms with Gasteiger partial charge in [-0.15, -0.1) is 0 Å². The second-order valence-corrected chi connectivity index (χ2v) is 5.81. The predicted octanol–water partition coefficient (Wildman–Crippen LogP) is 1.92. The summed E-state index contributed by atoms with van der Waals surface area (Å²) >= 11 is 0. The monoisotopic (exact) mass is 284 g/mol. The van der Waals surface area contributed by atoms with E-state index in [0.29, 0.717) is 6.04 Å². The van der Waals surface area contributed by atoms with E-state index >= 15 is 0 Å². The van der Waals surface area contributed by atoms with E-state index in [4.69, 9.17) is 0 Å². The summed E-state index contributed by atoms with van der Waals surface area (Å²) in [6.45, 7) is 4.31. The van der Waals surface area contributed by atoms with Crippen LogP contribution in [0.3, 0.4) is 0 Å². The number of fused-ring (bicyclic) bond motifs is 1. The highest BCUT2D eigenvalue weighted by Crippen LogP contribution is 2.23. The maximum atomic E-state index is 4.10. The van der Waals surface area contributed by atoms with Gasteiger partial charge in [0.2, 0.25) is 0 Å². The number of benzene rings is 1. The van der Waals surface area contributed by atoms with E-state index in [0.717, 1.165) is 32.6 Å². The largest absolute Gasteiger partial charge is 0.337 e. The molecular weight excluding hydrogens is 260 g/mol. The van der Waals surface area contributed by atoms with Crippen LogP contribution in [-0.2, 0) is 19.5 Å². The van der Waals surface area contributed by atoms with Gasteiger partial charge in [0.05, 0.1) is 6.33 Å². The Kier molecular flexibility index (Phi) is 4.68. The minimum atomic E-state index is 0.604. The average Bonchev–Trinajstić information content (AvgIpc) is 3.01. The van der Waals surface area contributed by atoms with E-state index < -0.39 is 0 Å². The van der Waals surface area contributed by atoms with Crippen molar-refractivity contribution in [1.82, 2.24) is 19.8 Å². The van der Waals surface area contributed by atoms with Crippen LogP contribution in [0.1, 0.15) is 17.5 Å². The summed E-state index contributed by atoms with van der Waals surface area (Å²) in [5.41, 5.74) is 3.01. The van der Waals surface area contributed by atoms with Crippen LogP contribution in [0, 0.1) is 0 Å². The molecule has 21 heavy (non-hydrogen) atoms. The van der Waals surface area contributed by atoms with Crippen molar-refractivity contribution in [2.45, 2.75) is 32.0 Å². The summed E-state index contributed by atoms with van der Waals surface area (Å²) in [6.07, 6.45) is 8.11. The van der Waals surface area contributed by atoms with Crippen molar-refractivity contribution in [3.8, 4) is 0 Å². The highest BCUT2D eigenvalue weighted by Gasteiger charge is 2.24. The number of rotatable bonds is 6. The molecule has 0 bridgehead atoms. The highest BCUT2D eigenvalue weighted by atomic mass is 15.2. The molecule has 4 heteroatoms. The lowest BCUT2D eigenvalue weighted by atomic mass is 9.94. The number of hydrogen-bond donors (Lipinski definition) is 1. The second-order valence-electron chi connectivity index (χ2n) is 5.81. The number of imidazole rings is 1. The molecule has 1 aromatic carbocycles. The number of hydrogen-bond acceptors (Lipinski definition) is 3. The fourth-order valence-electron chi connectivity index (χ4n) is 3.22. The molecule has 0 amide bonds. The first-order chi connectivity index (χ1) is 10.4. The third kappa shape index (κ3) is 3.52. The van der Waals surface area contributed by atoms with E-state index in [2.05, 4.69) is 44.0 Å². The van der Waals surface area contributed by atoms with Gasteiger partial charge < -0.3 is 9.88 Å². The molecule has 2 aromatic rings. The van der Waals surface area contributed by atoms with Crippen molar-refractivity contribution in [2.75, 3.05) is 20.1 Å². The lowest BCUT2D eigenvalue weighted by Crippen LogP contribution is -2.46. The summed E-state index contributed by atoms with van der Waals surface area (Å²) in [5.74, 6) is 0. The van der Waals surface area contributed by atoms with Gasteiger partial charge in [-0.3, -0.25) is 4.90 Å². The van der Waals surface area contributed by atoms with Crippen molar-refractivity contribution in [1.29, 1.82) is 0 Å². The fraction of sp³-hybridized carbons (Fsp3) is 0.471. The maximum absolute atomic E-state index is 4.10. The van der Waals surface area contributed by atoms with Crippen molar-refractivity contribution >= 4 is 0 Å². The lowest BCUT2D eigenvalue weighted by Gasteiger charge is -2.37. The first-order valence-electron chi connectivity index (χ1n) is 7.78. The van der Waals surface area contributed by atoms with Crippen LogP contribution in [0.25, 0.3) is 0 Å². The molecule has 0 fully saturated rings. The molecule has 0 saturated heterocycles. The van der Waals surface area contributed by atoms with E-state index in [-0.39, 0.29) is 0 Å². The molecule has 0 spiro atoms. The molecular formula is C17H24N4. The minimum Gasteiger partial charge on any atom is -0.337 e. The Morgan fingerprint density at radius 2 is 2.10 bits per heavy atom. The van der Waals surface area contributed by atoms with Gasteiger partial charge in [-0.1, -0.05) is 24.3 Å². The van der Waals surface area contributed by atoms with Crippen LogP contribution in [0.5, 0.6) is 0 Å². The third-order valence-electron chi connectivity index (χ3n) is 4.32. The molecule has 2 heterocycles. The standard InChI is InChI=1S/C17H24N4/c1-18-12-17-11-15-5-2-3-6-16(15)13-21(17)9-4-8-20-10-7-19-14-20/h2-3,5-7,10,14,17-18H,4,8-9,11-13H2,1H3. The molecule has 112 valence electrons. The summed E-state index contributed by atoms with van der Waals surface area (Å²) in [7, 11) is 2.05. The number of nitrogens with zero attached hydrogens (tertiary/aromatic N) is 3. The Balaban J connectivity index is 1.61. The normalized spacial score (nSPS) is 18.6. The van der Waals surface area contributed by atoms with E-state index in [1.807, 2.05) is 25.8 Å². The van der Waals surface area contributed by atoms with Gasteiger partial charge in [0.15, 0.2) is 0 Å². The molecule has 0 radical (unpaired) electrons.